The molecular weight excluding hydrogens is 184 g/mol. The molecule has 0 N–H and O–H groups in total. The third kappa shape index (κ3) is 4.25. The lowest BCUT2D eigenvalue weighted by Crippen LogP contribution is -2.22. The second-order valence-electron chi connectivity index (χ2n) is 2.48. The van der Waals surface area contributed by atoms with E-state index in [1.807, 2.05) is 36.4 Å². The van der Waals surface area contributed by atoms with E-state index in [4.69, 9.17) is 0 Å². The second-order valence-corrected chi connectivity index (χ2v) is 2.48. The van der Waals surface area contributed by atoms with Gasteiger partial charge in [-0.1, -0.05) is 36.4 Å². The maximum Gasteiger partial charge on any atom is 0.320 e. The van der Waals surface area contributed by atoms with E-state index in [1.54, 1.807) is 0 Å². The summed E-state index contributed by atoms with van der Waals surface area (Å²) in [7, 11) is 0. The molecule has 4 heteroatoms. The number of ether oxygens (including phenoxy) is 2. The maximum absolute atomic E-state index is 10.2. The van der Waals surface area contributed by atoms with Gasteiger partial charge in [0, 0.05) is 0 Å². The Morgan fingerprint density at radius 3 is 1.36 bits per heavy atom. The van der Waals surface area contributed by atoms with E-state index >= 15 is 0 Å². The zero-order chi connectivity index (χ0) is 10.2. The minimum Gasteiger partial charge on any atom is -0.427 e. The van der Waals surface area contributed by atoms with E-state index in [9.17, 15) is 9.59 Å². The summed E-state index contributed by atoms with van der Waals surface area (Å²) < 4.78 is 8.53. The number of benzene rings is 1. The first-order valence-corrected chi connectivity index (χ1v) is 4.10. The number of hydrogen-bond donors (Lipinski definition) is 0. The topological polar surface area (TPSA) is 52.6 Å². The third-order valence-electron chi connectivity index (χ3n) is 1.40. The van der Waals surface area contributed by atoms with Crippen molar-refractivity contribution in [1.29, 1.82) is 0 Å². The van der Waals surface area contributed by atoms with Crippen LogP contribution >= 0.6 is 0 Å². The van der Waals surface area contributed by atoms with Crippen LogP contribution in [0.2, 0.25) is 0 Å². The minimum absolute atomic E-state index is 0.225. The quantitative estimate of drug-likeness (QED) is 0.458. The Labute approximate surface area is 81.4 Å². The van der Waals surface area contributed by atoms with Crippen molar-refractivity contribution in [2.45, 2.75) is 6.42 Å². The fraction of sp³-hybridized carbons (Fsp3) is 0.200. The van der Waals surface area contributed by atoms with Crippen LogP contribution in [-0.4, -0.2) is 18.7 Å². The van der Waals surface area contributed by atoms with Crippen LogP contribution in [0, 0.1) is 0 Å². The molecule has 0 aliphatic carbocycles. The molecule has 1 fully saturated rings. The van der Waals surface area contributed by atoms with Crippen LogP contribution in [-0.2, 0) is 19.1 Å². The first-order chi connectivity index (χ1) is 6.79. The zero-order valence-corrected chi connectivity index (χ0v) is 7.51. The normalized spacial score (nSPS) is 14.6. The van der Waals surface area contributed by atoms with Gasteiger partial charge >= 0.3 is 11.9 Å². The Bertz CT molecular complexity index is 254. The van der Waals surface area contributed by atoms with Crippen LogP contribution in [0.3, 0.4) is 0 Å². The van der Waals surface area contributed by atoms with E-state index < -0.39 is 11.9 Å². The van der Waals surface area contributed by atoms with Gasteiger partial charge in [-0.3, -0.25) is 9.59 Å². The zero-order valence-electron chi connectivity index (χ0n) is 7.51. The van der Waals surface area contributed by atoms with Gasteiger partial charge in [0.15, 0.2) is 0 Å². The summed E-state index contributed by atoms with van der Waals surface area (Å²) in [6, 6.07) is 12.0. The highest BCUT2D eigenvalue weighted by Gasteiger charge is 2.17. The van der Waals surface area contributed by atoms with Crippen molar-refractivity contribution >= 4 is 11.9 Å². The molecule has 0 bridgehead atoms. The fourth-order valence-electron chi connectivity index (χ4n) is 0.766. The summed E-state index contributed by atoms with van der Waals surface area (Å²) in [6.45, 7) is -0.225. The molecule has 0 amide bonds. The Kier molecular flexibility index (Phi) is 4.20. The molecule has 0 radical (unpaired) electrons. The van der Waals surface area contributed by atoms with Gasteiger partial charge in [-0.25, -0.2) is 0 Å². The molecule has 2 rings (SSSR count). The lowest BCUT2D eigenvalue weighted by molar-refractivity contribution is -0.181. The van der Waals surface area contributed by atoms with Gasteiger partial charge < -0.3 is 9.47 Å². The largest absolute Gasteiger partial charge is 0.427 e. The SMILES string of the molecule is O=C1CC(=O)OCO1.c1ccccc1. The van der Waals surface area contributed by atoms with Crippen LogP contribution in [0.1, 0.15) is 6.42 Å². The molecule has 0 atom stereocenters. The van der Waals surface area contributed by atoms with Gasteiger partial charge in [-0.15, -0.1) is 0 Å². The highest BCUT2D eigenvalue weighted by molar-refractivity contribution is 5.92. The molecule has 1 aliphatic rings. The predicted molar refractivity (Wildman–Crippen MR) is 48.1 cm³/mol. The summed E-state index contributed by atoms with van der Waals surface area (Å²) in [5.74, 6) is -1.03. The summed E-state index contributed by atoms with van der Waals surface area (Å²) >= 11 is 0. The molecule has 4 nitrogen and oxygen atoms in total. The summed E-state index contributed by atoms with van der Waals surface area (Å²) in [5, 5.41) is 0. The van der Waals surface area contributed by atoms with E-state index in [0.717, 1.165) is 0 Å². The maximum atomic E-state index is 10.2. The predicted octanol–water partition coefficient (Wildman–Crippen LogP) is 1.12. The summed E-state index contributed by atoms with van der Waals surface area (Å²) in [5.41, 5.74) is 0. The lowest BCUT2D eigenvalue weighted by atomic mass is 10.4. The molecular formula is C10H10O4. The number of esters is 2. The molecule has 14 heavy (non-hydrogen) atoms. The van der Waals surface area contributed by atoms with Crippen LogP contribution in [0.5, 0.6) is 0 Å². The van der Waals surface area contributed by atoms with Crippen molar-refractivity contribution in [3.63, 3.8) is 0 Å². The van der Waals surface area contributed by atoms with Gasteiger partial charge in [0.2, 0.25) is 6.79 Å². The molecule has 1 saturated heterocycles. The summed E-state index contributed by atoms with van der Waals surface area (Å²) in [6.07, 6.45) is -0.250. The van der Waals surface area contributed by atoms with E-state index in [1.165, 1.54) is 0 Å². The molecule has 1 aliphatic heterocycles. The van der Waals surface area contributed by atoms with E-state index in [-0.39, 0.29) is 13.2 Å². The molecule has 0 saturated carbocycles. The van der Waals surface area contributed by atoms with Crippen molar-refractivity contribution < 1.29 is 19.1 Å². The first kappa shape index (κ1) is 10.2. The van der Waals surface area contributed by atoms with Crippen LogP contribution < -0.4 is 0 Å². The second kappa shape index (κ2) is 5.75. The van der Waals surface area contributed by atoms with Crippen molar-refractivity contribution in [3.05, 3.63) is 36.4 Å². The Morgan fingerprint density at radius 2 is 1.14 bits per heavy atom. The number of carbonyl (C=O) groups excluding carboxylic acids is 2. The standard InChI is InChI=1S/C6H6.C4H4O4/c1-2-4-6-5-3-1;5-3-1-4(6)8-2-7-3/h1-6H;1-2H2. The molecule has 0 spiro atoms. The van der Waals surface area contributed by atoms with Gasteiger partial charge in [0.25, 0.3) is 0 Å². The van der Waals surface area contributed by atoms with Gasteiger partial charge in [-0.05, 0) is 0 Å². The van der Waals surface area contributed by atoms with Gasteiger partial charge in [0.1, 0.15) is 6.42 Å². The fourth-order valence-corrected chi connectivity index (χ4v) is 0.766. The Hall–Kier alpha value is -1.84. The molecule has 1 aromatic carbocycles. The highest BCUT2D eigenvalue weighted by Crippen LogP contribution is 1.97. The molecule has 0 unspecified atom stereocenters. The third-order valence-corrected chi connectivity index (χ3v) is 1.40. The molecule has 0 aromatic heterocycles. The molecule has 74 valence electrons. The van der Waals surface area contributed by atoms with E-state index in [2.05, 4.69) is 9.47 Å². The van der Waals surface area contributed by atoms with Crippen molar-refractivity contribution in [1.82, 2.24) is 0 Å². The monoisotopic (exact) mass is 194 g/mol. The number of cyclic esters (lactones) is 2. The lowest BCUT2D eigenvalue weighted by Gasteiger charge is -2.09. The highest BCUT2D eigenvalue weighted by atomic mass is 16.7. The summed E-state index contributed by atoms with van der Waals surface area (Å²) in [4.78, 5) is 20.3. The molecule has 1 heterocycles. The smallest absolute Gasteiger partial charge is 0.320 e. The number of rotatable bonds is 0. The van der Waals surface area contributed by atoms with Crippen molar-refractivity contribution in [2.75, 3.05) is 6.79 Å². The minimum atomic E-state index is -0.513. The number of carbonyl (C=O) groups is 2. The number of hydrogen-bond acceptors (Lipinski definition) is 4. The van der Waals surface area contributed by atoms with Crippen LogP contribution in [0.25, 0.3) is 0 Å². The average molecular weight is 194 g/mol. The van der Waals surface area contributed by atoms with Crippen LogP contribution in [0.4, 0.5) is 0 Å². The average Bonchev–Trinajstić information content (AvgIpc) is 2.21. The first-order valence-electron chi connectivity index (χ1n) is 4.10. The Balaban J connectivity index is 0.000000146. The van der Waals surface area contributed by atoms with Gasteiger partial charge in [0.05, 0.1) is 0 Å². The van der Waals surface area contributed by atoms with Crippen molar-refractivity contribution in [3.8, 4) is 0 Å². The van der Waals surface area contributed by atoms with Crippen LogP contribution in [0.15, 0.2) is 36.4 Å². The van der Waals surface area contributed by atoms with E-state index in [0.29, 0.717) is 0 Å². The van der Waals surface area contributed by atoms with Gasteiger partial charge in [-0.2, -0.15) is 0 Å². The molecule has 1 aromatic rings. The Morgan fingerprint density at radius 1 is 0.786 bits per heavy atom. The van der Waals surface area contributed by atoms with Crippen molar-refractivity contribution in [2.24, 2.45) is 0 Å².